The van der Waals surface area contributed by atoms with Crippen molar-refractivity contribution in [1.29, 1.82) is 0 Å². The molecule has 0 bridgehead atoms. The van der Waals surface area contributed by atoms with E-state index in [1.54, 1.807) is 24.3 Å². The number of hydrogen-bond acceptors (Lipinski definition) is 2. The van der Waals surface area contributed by atoms with Gasteiger partial charge in [-0.2, -0.15) is 26.3 Å². The highest BCUT2D eigenvalue weighted by Gasteiger charge is 2.76. The van der Waals surface area contributed by atoms with Crippen LogP contribution in [0.5, 0.6) is 11.5 Å². The second-order valence-corrected chi connectivity index (χ2v) is 10.7. The van der Waals surface area contributed by atoms with Crippen LogP contribution in [-0.4, -0.2) is 24.6 Å². The average Bonchev–Trinajstić information content (AvgIpc) is 2.83. The Kier molecular flexibility index (Phi) is 8.05. The zero-order valence-corrected chi connectivity index (χ0v) is 21.2. The Morgan fingerprint density at radius 2 is 0.811 bits per heavy atom. The van der Waals surface area contributed by atoms with E-state index in [9.17, 15) is 26.3 Å². The number of alkyl halides is 6. The van der Waals surface area contributed by atoms with E-state index >= 15 is 0 Å². The second-order valence-electron chi connectivity index (χ2n) is 10.7. The van der Waals surface area contributed by atoms with Gasteiger partial charge in [-0.1, -0.05) is 35.4 Å². The van der Waals surface area contributed by atoms with E-state index in [1.165, 1.54) is 0 Å². The van der Waals surface area contributed by atoms with Crippen molar-refractivity contribution in [1.82, 2.24) is 0 Å². The number of rotatable bonds is 6. The number of benzene rings is 2. The molecule has 4 rings (SSSR count). The first-order chi connectivity index (χ1) is 17.4. The average molecular weight is 529 g/mol. The maximum absolute atomic E-state index is 14.6. The smallest absolute Gasteiger partial charge is 0.403 e. The van der Waals surface area contributed by atoms with Gasteiger partial charge in [0.2, 0.25) is 0 Å². The molecule has 0 heterocycles. The summed E-state index contributed by atoms with van der Waals surface area (Å²) in [5.41, 5.74) is -1.64. The molecule has 204 valence electrons. The van der Waals surface area contributed by atoms with Crippen molar-refractivity contribution in [3.8, 4) is 11.5 Å². The highest BCUT2D eigenvalue weighted by atomic mass is 19.4. The van der Waals surface area contributed by atoms with Gasteiger partial charge in [0, 0.05) is 0 Å². The summed E-state index contributed by atoms with van der Waals surface area (Å²) in [4.78, 5) is 0. The van der Waals surface area contributed by atoms with E-state index in [1.807, 2.05) is 38.1 Å². The number of halogens is 6. The fraction of sp³-hybridized carbons (Fsp3) is 0.586. The second kappa shape index (κ2) is 10.8. The van der Waals surface area contributed by atoms with Gasteiger partial charge in [-0.15, -0.1) is 0 Å². The summed E-state index contributed by atoms with van der Waals surface area (Å²) >= 11 is 0. The zero-order chi connectivity index (χ0) is 26.8. The third kappa shape index (κ3) is 5.88. The minimum absolute atomic E-state index is 0.165. The van der Waals surface area contributed by atoms with Crippen molar-refractivity contribution >= 4 is 0 Å². The van der Waals surface area contributed by atoms with Crippen LogP contribution in [0.25, 0.3) is 0 Å². The normalized spacial score (nSPS) is 25.5. The van der Waals surface area contributed by atoms with Crippen molar-refractivity contribution < 1.29 is 35.8 Å². The number of ether oxygens (including phenoxy) is 2. The predicted molar refractivity (Wildman–Crippen MR) is 130 cm³/mol. The molecule has 2 aromatic rings. The Labute approximate surface area is 214 Å². The topological polar surface area (TPSA) is 18.5 Å². The highest BCUT2D eigenvalue weighted by Crippen LogP contribution is 2.64. The summed E-state index contributed by atoms with van der Waals surface area (Å²) in [5.74, 6) is -1.88. The highest BCUT2D eigenvalue weighted by molar-refractivity contribution is 5.27. The quantitative estimate of drug-likeness (QED) is 0.348. The molecule has 8 heteroatoms. The van der Waals surface area contributed by atoms with Gasteiger partial charge < -0.3 is 9.47 Å². The lowest BCUT2D eigenvalue weighted by Crippen LogP contribution is -2.61. The lowest BCUT2D eigenvalue weighted by atomic mass is 9.57. The molecule has 0 saturated heterocycles. The van der Waals surface area contributed by atoms with Crippen molar-refractivity contribution in [2.75, 3.05) is 0 Å². The Morgan fingerprint density at radius 1 is 0.514 bits per heavy atom. The summed E-state index contributed by atoms with van der Waals surface area (Å²) in [6.07, 6.45) is -11.6. The molecule has 2 aromatic carbocycles. The first kappa shape index (κ1) is 27.6. The minimum atomic E-state index is -5.39. The van der Waals surface area contributed by atoms with E-state index in [-0.39, 0.29) is 51.4 Å². The summed E-state index contributed by atoms with van der Waals surface area (Å²) in [6.45, 7) is 3.84. The van der Waals surface area contributed by atoms with Crippen molar-refractivity contribution in [3.63, 3.8) is 0 Å². The molecule has 2 aliphatic carbocycles. The van der Waals surface area contributed by atoms with Gasteiger partial charge in [-0.25, -0.2) is 0 Å². The van der Waals surface area contributed by atoms with Gasteiger partial charge in [0.25, 0.3) is 0 Å². The fourth-order valence-corrected chi connectivity index (χ4v) is 6.31. The number of hydrogen-bond donors (Lipinski definition) is 0. The van der Waals surface area contributed by atoms with Gasteiger partial charge in [0.15, 0.2) is 5.41 Å². The van der Waals surface area contributed by atoms with Gasteiger partial charge in [0.1, 0.15) is 11.5 Å². The van der Waals surface area contributed by atoms with Crippen LogP contribution in [0.1, 0.15) is 62.5 Å². The zero-order valence-electron chi connectivity index (χ0n) is 21.2. The van der Waals surface area contributed by atoms with Crippen molar-refractivity contribution in [3.05, 3.63) is 59.7 Å². The Hall–Kier alpha value is -2.38. The van der Waals surface area contributed by atoms with Crippen LogP contribution in [0.2, 0.25) is 0 Å². The van der Waals surface area contributed by atoms with Gasteiger partial charge in [-0.3, -0.25) is 0 Å². The molecular formula is C29H34F6O2. The van der Waals surface area contributed by atoms with Crippen LogP contribution in [0, 0.1) is 31.1 Å². The fourth-order valence-electron chi connectivity index (χ4n) is 6.31. The molecule has 0 N–H and O–H groups in total. The van der Waals surface area contributed by atoms with Gasteiger partial charge >= 0.3 is 12.4 Å². The van der Waals surface area contributed by atoms with Gasteiger partial charge in [-0.05, 0) is 101 Å². The minimum Gasteiger partial charge on any atom is -0.490 e. The molecule has 0 aliphatic heterocycles. The third-order valence-electron chi connectivity index (χ3n) is 8.22. The van der Waals surface area contributed by atoms with E-state index in [4.69, 9.17) is 9.47 Å². The first-order valence-electron chi connectivity index (χ1n) is 13.0. The summed E-state index contributed by atoms with van der Waals surface area (Å²) < 4.78 is 99.5. The maximum Gasteiger partial charge on any atom is 0.403 e. The molecule has 2 fully saturated rings. The largest absolute Gasteiger partial charge is 0.490 e. The molecule has 0 spiro atoms. The van der Waals surface area contributed by atoms with E-state index < -0.39 is 41.8 Å². The van der Waals surface area contributed by atoms with Crippen LogP contribution in [0.3, 0.4) is 0 Å². The van der Waals surface area contributed by atoms with E-state index in [0.29, 0.717) is 11.5 Å². The van der Waals surface area contributed by atoms with Crippen LogP contribution in [-0.2, 0) is 0 Å². The molecule has 0 amide bonds. The van der Waals surface area contributed by atoms with Crippen molar-refractivity contribution in [2.24, 2.45) is 17.3 Å². The molecular weight excluding hydrogens is 494 g/mol. The molecule has 0 atom stereocenters. The Balaban J connectivity index is 1.47. The first-order valence-corrected chi connectivity index (χ1v) is 13.0. The van der Waals surface area contributed by atoms with Crippen LogP contribution in [0.15, 0.2) is 48.5 Å². The number of aryl methyl sites for hydroxylation is 2. The molecule has 2 saturated carbocycles. The molecule has 37 heavy (non-hydrogen) atoms. The monoisotopic (exact) mass is 528 g/mol. The van der Waals surface area contributed by atoms with Crippen molar-refractivity contribution in [2.45, 2.75) is 89.8 Å². The third-order valence-corrected chi connectivity index (χ3v) is 8.22. The lowest BCUT2D eigenvalue weighted by molar-refractivity contribution is -0.382. The Bertz CT molecular complexity index is 913. The van der Waals surface area contributed by atoms with Crippen LogP contribution >= 0.6 is 0 Å². The predicted octanol–water partition coefficient (Wildman–Crippen LogP) is 8.99. The van der Waals surface area contributed by atoms with Crippen LogP contribution < -0.4 is 9.47 Å². The SMILES string of the molecule is Cc1ccc(OC2CCC(C(C3CCC(Oc4ccc(C)cc4)CC3)(C(F)(F)F)C(F)(F)F)CC2)cc1. The Morgan fingerprint density at radius 3 is 1.08 bits per heavy atom. The summed E-state index contributed by atoms with van der Waals surface area (Å²) in [7, 11) is 0. The maximum atomic E-state index is 14.6. The molecule has 0 aromatic heterocycles. The van der Waals surface area contributed by atoms with E-state index in [2.05, 4.69) is 0 Å². The summed E-state index contributed by atoms with van der Waals surface area (Å²) in [5, 5.41) is 0. The van der Waals surface area contributed by atoms with E-state index in [0.717, 1.165) is 11.1 Å². The summed E-state index contributed by atoms with van der Waals surface area (Å²) in [6, 6.07) is 14.5. The van der Waals surface area contributed by atoms with Gasteiger partial charge in [0.05, 0.1) is 12.2 Å². The molecule has 2 aliphatic rings. The molecule has 0 unspecified atom stereocenters. The lowest BCUT2D eigenvalue weighted by Gasteiger charge is -2.51. The standard InChI is InChI=1S/C29H34F6O2/c1-19-3-11-23(12-4-19)36-25-15-7-21(8-16-25)27(28(30,31)32,29(33,34)35)22-9-17-26(18-10-22)37-24-13-5-20(2)6-14-24/h3-6,11-14,21-22,25-26H,7-10,15-18H2,1-2H3. The molecule has 2 nitrogen and oxygen atoms in total. The molecule has 0 radical (unpaired) electrons. The van der Waals surface area contributed by atoms with Crippen LogP contribution in [0.4, 0.5) is 26.3 Å².